The molecule has 2 amide bonds. The van der Waals surface area contributed by atoms with Gasteiger partial charge in [0.15, 0.2) is 0 Å². The van der Waals surface area contributed by atoms with Crippen molar-refractivity contribution in [2.45, 2.75) is 62.1 Å². The van der Waals surface area contributed by atoms with Gasteiger partial charge < -0.3 is 10.6 Å². The molecular formula is C21H21F7N2O2. The average Bonchev–Trinajstić information content (AvgIpc) is 3.31. The van der Waals surface area contributed by atoms with Gasteiger partial charge in [-0.3, -0.25) is 9.59 Å². The molecule has 1 aromatic carbocycles. The molecule has 0 unspecified atom stereocenters. The number of hydrogen-bond donors (Lipinski definition) is 2. The number of aryl methyl sites for hydroxylation is 1. The van der Waals surface area contributed by atoms with Gasteiger partial charge in [-0.1, -0.05) is 18.2 Å². The normalized spacial score (nSPS) is 28.2. The van der Waals surface area contributed by atoms with Gasteiger partial charge >= 0.3 is 18.0 Å². The molecule has 2 aliphatic carbocycles. The minimum absolute atomic E-state index is 0.0253. The van der Waals surface area contributed by atoms with Crippen molar-refractivity contribution in [2.24, 2.45) is 11.8 Å². The summed E-state index contributed by atoms with van der Waals surface area (Å²) in [6, 6.07) is 2.23. The molecule has 1 saturated carbocycles. The smallest absolute Gasteiger partial charge is 0.355 e. The van der Waals surface area contributed by atoms with Gasteiger partial charge in [0, 0.05) is 24.6 Å². The zero-order chi connectivity index (χ0) is 23.5. The lowest BCUT2D eigenvalue weighted by atomic mass is 9.74. The molecule has 0 spiro atoms. The van der Waals surface area contributed by atoms with Gasteiger partial charge in [0.1, 0.15) is 0 Å². The van der Waals surface area contributed by atoms with Crippen LogP contribution in [-0.2, 0) is 21.7 Å². The molecule has 4 rings (SSSR count). The summed E-state index contributed by atoms with van der Waals surface area (Å²) in [6.07, 6.45) is -10.3. The zero-order valence-corrected chi connectivity index (χ0v) is 16.7. The van der Waals surface area contributed by atoms with E-state index in [4.69, 9.17) is 0 Å². The molecular weight excluding hydrogens is 445 g/mol. The summed E-state index contributed by atoms with van der Waals surface area (Å²) in [4.78, 5) is 23.8. The Morgan fingerprint density at radius 3 is 2.28 bits per heavy atom. The molecule has 2 fully saturated rings. The Morgan fingerprint density at radius 1 is 1.00 bits per heavy atom. The van der Waals surface area contributed by atoms with Crippen molar-refractivity contribution in [1.29, 1.82) is 0 Å². The van der Waals surface area contributed by atoms with Crippen LogP contribution in [0.2, 0.25) is 0 Å². The second-order valence-electron chi connectivity index (χ2n) is 8.77. The van der Waals surface area contributed by atoms with Gasteiger partial charge in [-0.2, -0.15) is 26.3 Å². The third-order valence-corrected chi connectivity index (χ3v) is 6.97. The van der Waals surface area contributed by atoms with E-state index >= 15 is 0 Å². The fourth-order valence-corrected chi connectivity index (χ4v) is 5.34. The summed E-state index contributed by atoms with van der Waals surface area (Å²) in [5.74, 6) is -1.07. The molecule has 1 saturated heterocycles. The van der Waals surface area contributed by atoms with E-state index in [1.165, 1.54) is 0 Å². The van der Waals surface area contributed by atoms with E-state index in [-0.39, 0.29) is 54.6 Å². The molecule has 2 N–H and O–H groups in total. The largest absolute Gasteiger partial charge is 0.435 e. The maximum Gasteiger partial charge on any atom is 0.435 e. The topological polar surface area (TPSA) is 58.2 Å². The lowest BCUT2D eigenvalue weighted by Crippen LogP contribution is -2.50. The molecule has 176 valence electrons. The fraction of sp³-hybridized carbons (Fsp3) is 0.619. The molecule has 4 atom stereocenters. The van der Waals surface area contributed by atoms with Crippen molar-refractivity contribution in [3.05, 3.63) is 34.9 Å². The predicted octanol–water partition coefficient (Wildman–Crippen LogP) is 4.04. The lowest BCUT2D eigenvalue weighted by Gasteiger charge is -2.34. The first-order chi connectivity index (χ1) is 14.8. The van der Waals surface area contributed by atoms with Crippen LogP contribution < -0.4 is 10.6 Å². The fourth-order valence-electron chi connectivity index (χ4n) is 5.34. The van der Waals surface area contributed by atoms with Gasteiger partial charge in [0.2, 0.25) is 11.8 Å². The highest BCUT2D eigenvalue weighted by Crippen LogP contribution is 2.54. The Hall–Kier alpha value is -2.33. The quantitative estimate of drug-likeness (QED) is 0.661. The Balaban J connectivity index is 1.55. The van der Waals surface area contributed by atoms with Crippen LogP contribution in [-0.4, -0.2) is 36.8 Å². The van der Waals surface area contributed by atoms with Crippen LogP contribution >= 0.6 is 0 Å². The van der Waals surface area contributed by atoms with Crippen molar-refractivity contribution in [3.8, 4) is 0 Å². The molecule has 4 nitrogen and oxygen atoms in total. The minimum Gasteiger partial charge on any atom is -0.355 e. The second kappa shape index (κ2) is 7.62. The number of amides is 2. The molecule has 1 aliphatic heterocycles. The van der Waals surface area contributed by atoms with Gasteiger partial charge in [-0.25, -0.2) is 4.39 Å². The molecule has 1 aromatic rings. The van der Waals surface area contributed by atoms with E-state index in [1.807, 2.05) is 0 Å². The van der Waals surface area contributed by atoms with Gasteiger partial charge in [-0.15, -0.1) is 0 Å². The predicted molar refractivity (Wildman–Crippen MR) is 98.2 cm³/mol. The summed E-state index contributed by atoms with van der Waals surface area (Å²) in [5, 5.41) is 5.55. The SMILES string of the molecule is O=C1C[C@@H](C(=O)N[C@@H]2CC[C@H]3c4ccc(C(F)(C(F)(F)F)C(F)(F)F)cc4CC[C@@H]23)CN1. The number of fused-ring (bicyclic) bond motifs is 3. The van der Waals surface area contributed by atoms with Crippen LogP contribution in [0.25, 0.3) is 0 Å². The highest BCUT2D eigenvalue weighted by atomic mass is 19.4. The van der Waals surface area contributed by atoms with E-state index in [1.54, 1.807) is 0 Å². The average molecular weight is 466 g/mol. The first kappa shape index (κ1) is 22.8. The Morgan fingerprint density at radius 2 is 1.69 bits per heavy atom. The summed E-state index contributed by atoms with van der Waals surface area (Å²) in [5.41, 5.74) is -6.02. The van der Waals surface area contributed by atoms with Crippen molar-refractivity contribution in [1.82, 2.24) is 10.6 Å². The van der Waals surface area contributed by atoms with Gasteiger partial charge in [-0.05, 0) is 48.6 Å². The number of carbonyl (C=O) groups is 2. The van der Waals surface area contributed by atoms with Crippen LogP contribution in [0.1, 0.15) is 48.3 Å². The summed E-state index contributed by atoms with van der Waals surface area (Å²) in [7, 11) is 0. The second-order valence-corrected chi connectivity index (χ2v) is 8.77. The highest BCUT2D eigenvalue weighted by molar-refractivity contribution is 5.89. The number of alkyl halides is 7. The van der Waals surface area contributed by atoms with Crippen LogP contribution in [0.15, 0.2) is 18.2 Å². The number of halogens is 7. The van der Waals surface area contributed by atoms with Crippen molar-refractivity contribution in [3.63, 3.8) is 0 Å². The Kier molecular flexibility index (Phi) is 5.44. The lowest BCUT2D eigenvalue weighted by molar-refractivity contribution is -0.348. The van der Waals surface area contributed by atoms with E-state index in [0.717, 1.165) is 6.07 Å². The minimum atomic E-state index is -6.14. The monoisotopic (exact) mass is 466 g/mol. The van der Waals surface area contributed by atoms with E-state index in [9.17, 15) is 40.3 Å². The first-order valence-electron chi connectivity index (χ1n) is 10.4. The van der Waals surface area contributed by atoms with Crippen LogP contribution in [0.5, 0.6) is 0 Å². The molecule has 0 aromatic heterocycles. The first-order valence-corrected chi connectivity index (χ1v) is 10.4. The number of benzene rings is 1. The van der Waals surface area contributed by atoms with Crippen molar-refractivity contribution >= 4 is 11.8 Å². The van der Waals surface area contributed by atoms with Crippen molar-refractivity contribution in [2.75, 3.05) is 6.54 Å². The standard InChI is InChI=1S/C21H21F7N2O2/c22-19(20(23,24)25,21(26,27)28)12-2-4-13-10(7-12)1-3-15-14(13)5-6-16(15)30-18(32)11-8-17(31)29-9-11/h2,4,7,11,14-16H,1,3,5-6,8-9H2,(H,29,31)(H,30,32)/t11-,14+,15-,16-/m1/s1. The summed E-state index contributed by atoms with van der Waals surface area (Å²) < 4.78 is 93.0. The maximum atomic E-state index is 14.4. The van der Waals surface area contributed by atoms with Crippen LogP contribution in [0.4, 0.5) is 30.7 Å². The molecule has 32 heavy (non-hydrogen) atoms. The van der Waals surface area contributed by atoms with E-state index < -0.39 is 29.5 Å². The molecule has 3 aliphatic rings. The zero-order valence-electron chi connectivity index (χ0n) is 16.7. The number of hydrogen-bond acceptors (Lipinski definition) is 2. The third kappa shape index (κ3) is 3.63. The summed E-state index contributed by atoms with van der Waals surface area (Å²) >= 11 is 0. The molecule has 1 heterocycles. The molecule has 0 radical (unpaired) electrons. The summed E-state index contributed by atoms with van der Waals surface area (Å²) in [6.45, 7) is 0.264. The van der Waals surface area contributed by atoms with E-state index in [2.05, 4.69) is 10.6 Å². The highest BCUT2D eigenvalue weighted by Gasteiger charge is 2.73. The number of nitrogens with one attached hydrogen (secondary N) is 2. The number of carbonyl (C=O) groups excluding carboxylic acids is 2. The van der Waals surface area contributed by atoms with Crippen LogP contribution in [0.3, 0.4) is 0 Å². The van der Waals surface area contributed by atoms with Gasteiger partial charge in [0.25, 0.3) is 0 Å². The molecule has 0 bridgehead atoms. The van der Waals surface area contributed by atoms with Crippen molar-refractivity contribution < 1.29 is 40.3 Å². The number of rotatable bonds is 3. The van der Waals surface area contributed by atoms with Crippen LogP contribution in [0, 0.1) is 11.8 Å². The third-order valence-electron chi connectivity index (χ3n) is 6.97. The molecule has 11 heteroatoms. The van der Waals surface area contributed by atoms with Gasteiger partial charge in [0.05, 0.1) is 5.92 Å². The maximum absolute atomic E-state index is 14.4. The Bertz CT molecular complexity index is 914. The Labute approximate surface area is 178 Å². The van der Waals surface area contributed by atoms with E-state index in [0.29, 0.717) is 37.0 Å².